The summed E-state index contributed by atoms with van der Waals surface area (Å²) in [6.45, 7) is 5.74. The fraction of sp³-hybridized carbons (Fsp3) is 0.625. The molecule has 0 aliphatic carbocycles. The normalized spacial score (nSPS) is 10.8. The van der Waals surface area contributed by atoms with Gasteiger partial charge in [-0.05, 0) is 37.4 Å². The zero-order valence-electron chi connectivity index (χ0n) is 12.0. The first-order valence-electron chi connectivity index (χ1n) is 7.34. The minimum atomic E-state index is 0.318. The number of rotatable bonds is 11. The summed E-state index contributed by atoms with van der Waals surface area (Å²) in [4.78, 5) is 0. The van der Waals surface area contributed by atoms with E-state index in [0.717, 1.165) is 32.5 Å². The first kappa shape index (κ1) is 16.2. The van der Waals surface area contributed by atoms with Crippen LogP contribution in [0.15, 0.2) is 24.3 Å². The number of nitrogens with one attached hydrogen (secondary N) is 1. The molecule has 0 spiro atoms. The average molecular weight is 265 g/mol. The molecule has 0 unspecified atom stereocenters. The van der Waals surface area contributed by atoms with Gasteiger partial charge in [-0.3, -0.25) is 0 Å². The van der Waals surface area contributed by atoms with Gasteiger partial charge in [-0.25, -0.2) is 0 Å². The van der Waals surface area contributed by atoms with Crippen LogP contribution in [0.1, 0.15) is 43.7 Å². The van der Waals surface area contributed by atoms with Crippen LogP contribution in [-0.2, 0) is 17.9 Å². The maximum absolute atomic E-state index is 8.69. The second-order valence-electron chi connectivity index (χ2n) is 4.72. The highest BCUT2D eigenvalue weighted by Crippen LogP contribution is 2.10. The van der Waals surface area contributed by atoms with Crippen molar-refractivity contribution in [1.29, 1.82) is 0 Å². The lowest BCUT2D eigenvalue weighted by atomic mass is 10.1. The Morgan fingerprint density at radius 1 is 1.05 bits per heavy atom. The molecule has 0 bridgehead atoms. The molecule has 0 radical (unpaired) electrons. The van der Waals surface area contributed by atoms with E-state index in [1.165, 1.54) is 24.0 Å². The predicted octanol–water partition coefficient (Wildman–Crippen LogP) is 2.87. The molecule has 19 heavy (non-hydrogen) atoms. The Balaban J connectivity index is 2.21. The highest BCUT2D eigenvalue weighted by Gasteiger charge is 2.01. The molecule has 1 aromatic rings. The van der Waals surface area contributed by atoms with Crippen molar-refractivity contribution in [3.63, 3.8) is 0 Å². The van der Waals surface area contributed by atoms with E-state index < -0.39 is 0 Å². The largest absolute Gasteiger partial charge is 0.396 e. The van der Waals surface area contributed by atoms with Crippen LogP contribution in [0.2, 0.25) is 0 Å². The SMILES string of the molecule is CCOCc1ccccc1CNCCCCCCO. The second kappa shape index (κ2) is 11.0. The standard InChI is InChI=1S/C16H27NO2/c1-2-19-14-16-10-6-5-9-15(16)13-17-11-7-3-4-8-12-18/h5-6,9-10,17-18H,2-4,7-8,11-14H2,1H3. The van der Waals surface area contributed by atoms with Crippen molar-refractivity contribution in [2.75, 3.05) is 19.8 Å². The Labute approximate surface area is 117 Å². The average Bonchev–Trinajstić information content (AvgIpc) is 2.45. The van der Waals surface area contributed by atoms with Crippen LogP contribution in [0.3, 0.4) is 0 Å². The minimum absolute atomic E-state index is 0.318. The highest BCUT2D eigenvalue weighted by atomic mass is 16.5. The van der Waals surface area contributed by atoms with Gasteiger partial charge in [0.1, 0.15) is 0 Å². The maximum atomic E-state index is 8.69. The number of ether oxygens (including phenoxy) is 1. The van der Waals surface area contributed by atoms with E-state index in [4.69, 9.17) is 9.84 Å². The molecule has 3 nitrogen and oxygen atoms in total. The molecule has 0 aliphatic heterocycles. The third-order valence-electron chi connectivity index (χ3n) is 3.16. The van der Waals surface area contributed by atoms with Crippen LogP contribution < -0.4 is 5.32 Å². The number of hydrogen-bond acceptors (Lipinski definition) is 3. The molecule has 0 heterocycles. The number of benzene rings is 1. The summed E-state index contributed by atoms with van der Waals surface area (Å²) in [6.07, 6.45) is 4.41. The van der Waals surface area contributed by atoms with Crippen molar-refractivity contribution in [3.8, 4) is 0 Å². The van der Waals surface area contributed by atoms with Crippen LogP contribution in [0.5, 0.6) is 0 Å². The molecular weight excluding hydrogens is 238 g/mol. The summed E-state index contributed by atoms with van der Waals surface area (Å²) in [7, 11) is 0. The molecule has 0 fully saturated rings. The van der Waals surface area contributed by atoms with Gasteiger partial charge in [0.05, 0.1) is 6.61 Å². The Morgan fingerprint density at radius 3 is 2.53 bits per heavy atom. The van der Waals surface area contributed by atoms with E-state index in [9.17, 15) is 0 Å². The highest BCUT2D eigenvalue weighted by molar-refractivity contribution is 5.26. The first-order valence-corrected chi connectivity index (χ1v) is 7.34. The third-order valence-corrected chi connectivity index (χ3v) is 3.16. The number of aliphatic hydroxyl groups is 1. The second-order valence-corrected chi connectivity index (χ2v) is 4.72. The zero-order valence-corrected chi connectivity index (χ0v) is 12.0. The van der Waals surface area contributed by atoms with Crippen LogP contribution >= 0.6 is 0 Å². The van der Waals surface area contributed by atoms with Gasteiger partial charge in [0.15, 0.2) is 0 Å². The van der Waals surface area contributed by atoms with Crippen LogP contribution in [0.25, 0.3) is 0 Å². The van der Waals surface area contributed by atoms with Gasteiger partial charge in [0.25, 0.3) is 0 Å². The lowest BCUT2D eigenvalue weighted by Crippen LogP contribution is -2.16. The monoisotopic (exact) mass is 265 g/mol. The molecule has 0 aromatic heterocycles. The van der Waals surface area contributed by atoms with Crippen molar-refractivity contribution < 1.29 is 9.84 Å². The van der Waals surface area contributed by atoms with Crippen molar-refractivity contribution >= 4 is 0 Å². The van der Waals surface area contributed by atoms with Gasteiger partial charge in [-0.1, -0.05) is 37.1 Å². The molecule has 0 amide bonds. The Kier molecular flexibility index (Phi) is 9.33. The molecule has 2 N–H and O–H groups in total. The van der Waals surface area contributed by atoms with Gasteiger partial charge < -0.3 is 15.2 Å². The van der Waals surface area contributed by atoms with Crippen molar-refractivity contribution in [3.05, 3.63) is 35.4 Å². The van der Waals surface area contributed by atoms with Crippen LogP contribution in [0, 0.1) is 0 Å². The molecule has 1 aromatic carbocycles. The van der Waals surface area contributed by atoms with E-state index in [-0.39, 0.29) is 0 Å². The zero-order chi connectivity index (χ0) is 13.8. The summed E-state index contributed by atoms with van der Waals surface area (Å²) in [5.41, 5.74) is 2.60. The minimum Gasteiger partial charge on any atom is -0.396 e. The summed E-state index contributed by atoms with van der Waals surface area (Å²) in [5, 5.41) is 12.2. The topological polar surface area (TPSA) is 41.5 Å². The summed E-state index contributed by atoms with van der Waals surface area (Å²) >= 11 is 0. The predicted molar refractivity (Wildman–Crippen MR) is 79.0 cm³/mol. The summed E-state index contributed by atoms with van der Waals surface area (Å²) < 4.78 is 5.48. The van der Waals surface area contributed by atoms with E-state index in [0.29, 0.717) is 13.2 Å². The van der Waals surface area contributed by atoms with Crippen LogP contribution in [0.4, 0.5) is 0 Å². The summed E-state index contributed by atoms with van der Waals surface area (Å²) in [5.74, 6) is 0. The first-order chi connectivity index (χ1) is 9.38. The Hall–Kier alpha value is -0.900. The van der Waals surface area contributed by atoms with Crippen molar-refractivity contribution in [1.82, 2.24) is 5.32 Å². The van der Waals surface area contributed by atoms with Gasteiger partial charge >= 0.3 is 0 Å². The molecule has 0 aliphatic rings. The molecule has 108 valence electrons. The van der Waals surface area contributed by atoms with E-state index >= 15 is 0 Å². The number of aliphatic hydroxyl groups excluding tert-OH is 1. The van der Waals surface area contributed by atoms with E-state index in [1.54, 1.807) is 0 Å². The molecule has 0 saturated heterocycles. The molecule has 0 atom stereocenters. The lowest BCUT2D eigenvalue weighted by Gasteiger charge is -2.10. The number of hydrogen-bond donors (Lipinski definition) is 2. The maximum Gasteiger partial charge on any atom is 0.0719 e. The summed E-state index contributed by atoms with van der Waals surface area (Å²) in [6, 6.07) is 8.43. The van der Waals surface area contributed by atoms with Gasteiger partial charge in [0, 0.05) is 19.8 Å². The molecule has 1 rings (SSSR count). The Morgan fingerprint density at radius 2 is 1.79 bits per heavy atom. The third kappa shape index (κ3) is 7.31. The van der Waals surface area contributed by atoms with E-state index in [1.807, 2.05) is 6.92 Å². The lowest BCUT2D eigenvalue weighted by molar-refractivity contribution is 0.133. The number of unbranched alkanes of at least 4 members (excludes halogenated alkanes) is 3. The van der Waals surface area contributed by atoms with Crippen LogP contribution in [-0.4, -0.2) is 24.9 Å². The van der Waals surface area contributed by atoms with Crippen molar-refractivity contribution in [2.45, 2.75) is 45.8 Å². The van der Waals surface area contributed by atoms with Gasteiger partial charge in [-0.15, -0.1) is 0 Å². The fourth-order valence-corrected chi connectivity index (χ4v) is 2.02. The fourth-order valence-electron chi connectivity index (χ4n) is 2.02. The van der Waals surface area contributed by atoms with Crippen molar-refractivity contribution in [2.24, 2.45) is 0 Å². The molecule has 3 heteroatoms. The van der Waals surface area contributed by atoms with E-state index in [2.05, 4.69) is 29.6 Å². The molecule has 0 saturated carbocycles. The Bertz CT molecular complexity index is 328. The quantitative estimate of drug-likeness (QED) is 0.605. The van der Waals surface area contributed by atoms with Gasteiger partial charge in [-0.2, -0.15) is 0 Å². The van der Waals surface area contributed by atoms with Gasteiger partial charge in [0.2, 0.25) is 0 Å². The smallest absolute Gasteiger partial charge is 0.0719 e. The molecular formula is C16H27NO2.